The maximum Gasteiger partial charge on any atom is 0.173 e. The first-order chi connectivity index (χ1) is 22.3. The number of hydrogen-bond acceptors (Lipinski definition) is 9. The third-order valence-electron chi connectivity index (χ3n) is 8.68. The number of ketones is 1. The van der Waals surface area contributed by atoms with Crippen LogP contribution in [0.1, 0.15) is 56.5 Å². The summed E-state index contributed by atoms with van der Waals surface area (Å²) in [6.07, 6.45) is 4.94. The molecule has 1 fully saturated rings. The normalized spacial score (nSPS) is 13.9. The van der Waals surface area contributed by atoms with Gasteiger partial charge in [0, 0.05) is 59.4 Å². The summed E-state index contributed by atoms with van der Waals surface area (Å²) in [5.74, 6) is 1.77. The van der Waals surface area contributed by atoms with E-state index in [1.165, 1.54) is 11.8 Å². The van der Waals surface area contributed by atoms with Crippen LogP contribution in [0.4, 0.5) is 11.4 Å². The Kier molecular flexibility index (Phi) is 11.1. The molecular formula is C35H41ClN6O3S. The molecule has 1 aliphatic heterocycles. The summed E-state index contributed by atoms with van der Waals surface area (Å²) >= 11 is 8.29. The number of carbonyl (C=O) groups excluding carboxylic acids is 1. The van der Waals surface area contributed by atoms with Crippen molar-refractivity contribution in [3.8, 4) is 17.6 Å². The molecule has 0 amide bonds. The summed E-state index contributed by atoms with van der Waals surface area (Å²) in [6.45, 7) is 12.3. The fraction of sp³-hybridized carbons (Fsp3) is 0.429. The van der Waals surface area contributed by atoms with E-state index in [0.29, 0.717) is 52.1 Å². The minimum atomic E-state index is 0.221. The number of pyridine rings is 1. The van der Waals surface area contributed by atoms with Gasteiger partial charge in [0.25, 0.3) is 0 Å². The number of nitrogens with one attached hydrogen (secondary N) is 1. The highest BCUT2D eigenvalue weighted by Gasteiger charge is 2.23. The van der Waals surface area contributed by atoms with Crippen molar-refractivity contribution in [2.75, 3.05) is 38.7 Å². The zero-order chi connectivity index (χ0) is 32.8. The quantitative estimate of drug-likeness (QED) is 0.143. The van der Waals surface area contributed by atoms with Crippen LogP contribution in [-0.2, 0) is 11.3 Å². The molecule has 2 aromatic heterocycles. The summed E-state index contributed by atoms with van der Waals surface area (Å²) < 4.78 is 14.0. The van der Waals surface area contributed by atoms with Crippen LogP contribution in [0.3, 0.4) is 0 Å². The Balaban J connectivity index is 1.29. The van der Waals surface area contributed by atoms with Gasteiger partial charge in [-0.1, -0.05) is 30.3 Å². The van der Waals surface area contributed by atoms with Crippen LogP contribution >= 0.6 is 23.4 Å². The van der Waals surface area contributed by atoms with E-state index >= 15 is 0 Å². The Morgan fingerprint density at radius 3 is 2.63 bits per heavy atom. The molecular weight excluding hydrogens is 620 g/mol. The number of anilines is 2. The van der Waals surface area contributed by atoms with E-state index in [1.54, 1.807) is 13.3 Å². The molecule has 0 saturated carbocycles. The first-order valence-electron chi connectivity index (χ1n) is 15.8. The molecule has 0 unspecified atom stereocenters. The number of methoxy groups -OCH3 is 1. The molecule has 1 aliphatic rings. The minimum absolute atomic E-state index is 0.221. The number of ether oxygens (including phenoxy) is 2. The maximum atomic E-state index is 12.0. The number of rotatable bonds is 13. The van der Waals surface area contributed by atoms with E-state index in [0.717, 1.165) is 78.0 Å². The van der Waals surface area contributed by atoms with Crippen LogP contribution in [-0.4, -0.2) is 58.6 Å². The van der Waals surface area contributed by atoms with Crippen LogP contribution in [0.25, 0.3) is 10.9 Å². The molecule has 0 atom stereocenters. The molecule has 4 aromatic rings. The largest absolute Gasteiger partial charge is 0.493 e. The average molecular weight is 661 g/mol. The number of nitriles is 1. The highest BCUT2D eigenvalue weighted by molar-refractivity contribution is 7.99. The third kappa shape index (κ3) is 7.43. The number of fused-ring (bicyclic) bond motifs is 1. The van der Waals surface area contributed by atoms with E-state index in [4.69, 9.17) is 26.1 Å². The number of Topliss-reactive ketones (excluding diaryl/α,β-unsaturated/α-hetero) is 1. The molecule has 5 rings (SSSR count). The molecule has 11 heteroatoms. The third-order valence-corrected chi connectivity index (χ3v) is 10.2. The SMILES string of the molecule is CCC(=O)C1CCN(CCCOc2cc3ncc(C#N)c(Nc4ccc(Sc5nc(C)c(C)n5CC)c(Cl)c4)c3cc2OC)CC1. The van der Waals surface area contributed by atoms with Crippen molar-refractivity contribution < 1.29 is 14.3 Å². The van der Waals surface area contributed by atoms with Crippen LogP contribution in [0.2, 0.25) is 5.02 Å². The zero-order valence-electron chi connectivity index (χ0n) is 27.2. The molecule has 0 aliphatic carbocycles. The smallest absolute Gasteiger partial charge is 0.173 e. The van der Waals surface area contributed by atoms with Crippen molar-refractivity contribution in [1.82, 2.24) is 19.4 Å². The van der Waals surface area contributed by atoms with Crippen molar-refractivity contribution in [1.29, 1.82) is 5.26 Å². The van der Waals surface area contributed by atoms with Gasteiger partial charge in [-0.25, -0.2) is 4.98 Å². The van der Waals surface area contributed by atoms with Gasteiger partial charge in [0.05, 0.1) is 41.2 Å². The molecule has 1 N–H and O–H groups in total. The Hall–Kier alpha value is -3.78. The number of carbonyl (C=O) groups is 1. The maximum absolute atomic E-state index is 12.0. The van der Waals surface area contributed by atoms with Gasteiger partial charge in [0.2, 0.25) is 0 Å². The minimum Gasteiger partial charge on any atom is -0.493 e. The molecule has 46 heavy (non-hydrogen) atoms. The second-order valence-corrected chi connectivity index (χ2v) is 12.9. The Morgan fingerprint density at radius 1 is 1.17 bits per heavy atom. The number of aryl methyl sites for hydroxylation is 1. The second-order valence-electron chi connectivity index (χ2n) is 11.5. The van der Waals surface area contributed by atoms with Gasteiger partial charge < -0.3 is 24.3 Å². The molecule has 0 radical (unpaired) electrons. The molecule has 0 spiro atoms. The number of piperidine rings is 1. The highest BCUT2D eigenvalue weighted by atomic mass is 35.5. The van der Waals surface area contributed by atoms with E-state index in [2.05, 4.69) is 39.7 Å². The topological polar surface area (TPSA) is 105 Å². The van der Waals surface area contributed by atoms with E-state index in [-0.39, 0.29) is 5.92 Å². The molecule has 9 nitrogen and oxygen atoms in total. The van der Waals surface area contributed by atoms with Crippen LogP contribution in [0.15, 0.2) is 46.6 Å². The molecule has 3 heterocycles. The number of halogens is 1. The van der Waals surface area contributed by atoms with Gasteiger partial charge in [-0.15, -0.1) is 0 Å². The number of aromatic nitrogens is 3. The van der Waals surface area contributed by atoms with E-state index in [1.807, 2.05) is 44.2 Å². The number of benzene rings is 2. The monoisotopic (exact) mass is 660 g/mol. The molecule has 1 saturated heterocycles. The van der Waals surface area contributed by atoms with Crippen LogP contribution < -0.4 is 14.8 Å². The fourth-order valence-corrected chi connectivity index (χ4v) is 7.25. The lowest BCUT2D eigenvalue weighted by Crippen LogP contribution is -2.37. The summed E-state index contributed by atoms with van der Waals surface area (Å²) in [7, 11) is 1.60. The van der Waals surface area contributed by atoms with Gasteiger partial charge in [-0.2, -0.15) is 5.26 Å². The van der Waals surface area contributed by atoms with E-state index < -0.39 is 0 Å². The lowest BCUT2D eigenvalue weighted by Gasteiger charge is -2.31. The predicted octanol–water partition coefficient (Wildman–Crippen LogP) is 7.96. The van der Waals surface area contributed by atoms with Crippen LogP contribution in [0, 0.1) is 31.1 Å². The van der Waals surface area contributed by atoms with Gasteiger partial charge in [-0.05, 0) is 77.4 Å². The number of nitrogens with zero attached hydrogens (tertiary/aromatic N) is 5. The van der Waals surface area contributed by atoms with Gasteiger partial charge in [0.1, 0.15) is 11.9 Å². The molecule has 242 valence electrons. The second kappa shape index (κ2) is 15.2. The lowest BCUT2D eigenvalue weighted by atomic mass is 9.91. The van der Waals surface area contributed by atoms with Crippen molar-refractivity contribution >= 4 is 51.4 Å². The van der Waals surface area contributed by atoms with E-state index in [9.17, 15) is 10.1 Å². The Labute approximate surface area is 280 Å². The van der Waals surface area contributed by atoms with Gasteiger partial charge >= 0.3 is 0 Å². The average Bonchev–Trinajstić information content (AvgIpc) is 3.34. The van der Waals surface area contributed by atoms with Crippen molar-refractivity contribution in [3.05, 3.63) is 58.5 Å². The zero-order valence-corrected chi connectivity index (χ0v) is 28.7. The highest BCUT2D eigenvalue weighted by Crippen LogP contribution is 2.39. The summed E-state index contributed by atoms with van der Waals surface area (Å²) in [4.78, 5) is 24.6. The van der Waals surface area contributed by atoms with Crippen molar-refractivity contribution in [3.63, 3.8) is 0 Å². The van der Waals surface area contributed by atoms with Crippen molar-refractivity contribution in [2.45, 2.75) is 70.0 Å². The summed E-state index contributed by atoms with van der Waals surface area (Å²) in [6, 6.07) is 11.7. The molecule has 2 aromatic carbocycles. The van der Waals surface area contributed by atoms with Gasteiger partial charge in [0.15, 0.2) is 16.7 Å². The number of likely N-dealkylation sites (tertiary alicyclic amines) is 1. The van der Waals surface area contributed by atoms with Crippen LogP contribution in [0.5, 0.6) is 11.5 Å². The molecule has 0 bridgehead atoms. The first kappa shape index (κ1) is 33.6. The first-order valence-corrected chi connectivity index (χ1v) is 17.0. The standard InChI is InChI=1S/C35H41ClN6O3S/c1-6-30(43)24-11-14-41(15-12-24)13-8-16-45-32-19-29-27(18-31(32)44-5)34(25(20-37)21-38-29)40-26-9-10-33(28(36)17-26)46-35-39-22(3)23(4)42(35)7-2/h9-10,17-19,21,24H,6-8,11-16H2,1-5H3,(H,38,40). The van der Waals surface area contributed by atoms with Crippen molar-refractivity contribution in [2.24, 2.45) is 5.92 Å². The Bertz CT molecular complexity index is 1760. The number of hydrogen-bond donors (Lipinski definition) is 1. The summed E-state index contributed by atoms with van der Waals surface area (Å²) in [5, 5.41) is 15.6. The Morgan fingerprint density at radius 2 is 1.96 bits per heavy atom. The lowest BCUT2D eigenvalue weighted by molar-refractivity contribution is -0.123. The fourth-order valence-electron chi connectivity index (χ4n) is 5.91. The summed E-state index contributed by atoms with van der Waals surface area (Å²) in [5.41, 5.74) is 4.59. The number of imidazole rings is 1. The van der Waals surface area contributed by atoms with Gasteiger partial charge in [-0.3, -0.25) is 9.78 Å². The predicted molar refractivity (Wildman–Crippen MR) is 184 cm³/mol.